The normalized spacial score (nSPS) is 4.53. The van der Waals surface area contributed by atoms with Gasteiger partial charge < -0.3 is 52.9 Å². The van der Waals surface area contributed by atoms with Crippen molar-refractivity contribution in [2.45, 2.75) is 0 Å². The molecular formula is H6N4O10U. The molecule has 0 bridgehead atoms. The molecule has 0 saturated carbocycles. The number of rotatable bonds is 0. The Bertz CT molecular complexity index is 130. The van der Waals surface area contributed by atoms with E-state index >= 15 is 0 Å². The summed E-state index contributed by atoms with van der Waals surface area (Å²) in [6.45, 7) is 0. The second-order valence-electron chi connectivity index (χ2n) is 0.531. The summed E-state index contributed by atoms with van der Waals surface area (Å²) in [4.78, 5) is 16.5. The topological polar surface area (TPSA) is 268 Å². The molecule has 0 saturated heterocycles. The van der Waals surface area contributed by atoms with Crippen LogP contribution in [-0.2, 0) is 4.47 Å². The standard InChI is InChI=1S/2NO3.2H3NO.2O.U/c2*2-1(3)4;2*1-2;;;/h;;2*1H3;;;/q2*-1;;;;;+2. The quantitative estimate of drug-likeness (QED) is 0.269. The molecule has 0 rings (SSSR count). The summed E-state index contributed by atoms with van der Waals surface area (Å²) >= 11 is -2.51. The predicted octanol–water partition coefficient (Wildman–Crippen LogP) is -3.26. The van der Waals surface area contributed by atoms with Crippen LogP contribution in [0, 0.1) is 68.9 Å². The minimum absolute atomic E-state index is 1.75. The van der Waals surface area contributed by atoms with Crippen molar-refractivity contribution in [3.05, 3.63) is 41.1 Å². The van der Waals surface area contributed by atoms with E-state index in [0.29, 0.717) is 0 Å². The van der Waals surface area contributed by atoms with E-state index in [1.807, 2.05) is 11.8 Å². The van der Waals surface area contributed by atoms with Crippen LogP contribution in [0.4, 0.5) is 0 Å². The van der Waals surface area contributed by atoms with Gasteiger partial charge in [-0.25, -0.2) is 0 Å². The summed E-state index contributed by atoms with van der Waals surface area (Å²) in [6.07, 6.45) is 0. The number of hydrogen-bond acceptors (Lipinski definition) is 10. The van der Waals surface area contributed by atoms with Crippen molar-refractivity contribution in [3.8, 4) is 0 Å². The summed E-state index contributed by atoms with van der Waals surface area (Å²) in [5.41, 5.74) is 0. The zero-order valence-corrected chi connectivity index (χ0v) is 11.1. The monoisotopic (exact) mass is 460 g/mol. The molecule has 14 nitrogen and oxygen atoms in total. The predicted molar refractivity (Wildman–Crippen MR) is 34.6 cm³/mol. The van der Waals surface area contributed by atoms with Gasteiger partial charge in [0.25, 0.3) is 0 Å². The van der Waals surface area contributed by atoms with Crippen molar-refractivity contribution >= 4 is 0 Å². The van der Waals surface area contributed by atoms with Crippen LogP contribution in [0.1, 0.15) is 0 Å². The molecule has 0 aromatic carbocycles. The van der Waals surface area contributed by atoms with Gasteiger partial charge in [-0.05, 0) is 0 Å². The molecular weight excluding hydrogens is 454 g/mol. The first-order valence-corrected chi connectivity index (χ1v) is 5.48. The third-order valence-electron chi connectivity index (χ3n) is 0. The van der Waals surface area contributed by atoms with Crippen LogP contribution in [-0.4, -0.2) is 10.2 Å². The second kappa shape index (κ2) is 52.5. The molecule has 0 aromatic rings. The molecule has 0 aromatic heterocycles. The summed E-state index contributed by atoms with van der Waals surface area (Å²) < 4.78 is 17.2. The third kappa shape index (κ3) is 1250. The minimum atomic E-state index is -2.51. The maximum atomic E-state index is 8.58. The van der Waals surface area contributed by atoms with Gasteiger partial charge in [-0.1, -0.05) is 0 Å². The fourth-order valence-corrected chi connectivity index (χ4v) is 0. The van der Waals surface area contributed by atoms with E-state index in [9.17, 15) is 0 Å². The zero-order valence-electron chi connectivity index (χ0n) is 6.89. The van der Waals surface area contributed by atoms with Crippen LogP contribution >= 0.6 is 0 Å². The summed E-state index contributed by atoms with van der Waals surface area (Å²) in [6, 6.07) is 0. The van der Waals surface area contributed by atoms with E-state index in [-0.39, 0.29) is 0 Å². The molecule has 0 fully saturated rings. The van der Waals surface area contributed by atoms with Crippen LogP contribution in [0.3, 0.4) is 0 Å². The maximum absolute atomic E-state index is 8.58. The van der Waals surface area contributed by atoms with E-state index in [1.54, 1.807) is 0 Å². The van der Waals surface area contributed by atoms with Gasteiger partial charge in [0, 0.05) is 0 Å². The number of quaternary nitrogens is 2. The molecule has 0 amide bonds. The van der Waals surface area contributed by atoms with Gasteiger partial charge in [-0.15, -0.1) is 0 Å². The number of hydrogen-bond donors (Lipinski definition) is 2. The second-order valence-corrected chi connectivity index (χ2v) is 1.22. The zero-order chi connectivity index (χ0) is 13.9. The SMILES string of the molecule is O=[N+]([O-])[O-].O=[N+]([O-])[O-].[NH3+][O-].[NH3+][O-].[O]=[U+2]=[O]. The fraction of sp³-hybridized carbons (Fsp3) is 0. The van der Waals surface area contributed by atoms with Gasteiger partial charge in [0.1, 0.15) is 0 Å². The van der Waals surface area contributed by atoms with Crippen molar-refractivity contribution < 1.29 is 54.3 Å². The molecule has 0 atom stereocenters. The van der Waals surface area contributed by atoms with Crippen molar-refractivity contribution in [3.63, 3.8) is 0 Å². The molecule has 0 aliphatic carbocycles. The molecule has 90 valence electrons. The average Bonchev–Trinajstić information content (AvgIpc) is 2.09. The Morgan fingerprint density at radius 2 is 0.733 bits per heavy atom. The molecule has 0 spiro atoms. The van der Waals surface area contributed by atoms with Gasteiger partial charge in [0.05, 0.1) is 10.2 Å². The third-order valence-corrected chi connectivity index (χ3v) is 0. The first kappa shape index (κ1) is 29.2. The van der Waals surface area contributed by atoms with Crippen LogP contribution in [0.25, 0.3) is 0 Å². The molecule has 15 heavy (non-hydrogen) atoms. The Morgan fingerprint density at radius 1 is 0.733 bits per heavy atom. The fourth-order valence-electron chi connectivity index (χ4n) is 0. The summed E-state index contributed by atoms with van der Waals surface area (Å²) in [5.74, 6) is 4.00. The molecule has 6 N–H and O–H groups in total. The molecule has 0 aliphatic rings. The Balaban J connectivity index is -0.0000000289. The summed E-state index contributed by atoms with van der Waals surface area (Å²) in [7, 11) is 0. The van der Waals surface area contributed by atoms with Crippen LogP contribution < -0.4 is 11.8 Å². The Kier molecular flexibility index (Phi) is 102. The van der Waals surface area contributed by atoms with Gasteiger partial charge in [-0.3, -0.25) is 0 Å². The van der Waals surface area contributed by atoms with Gasteiger partial charge >= 0.3 is 32.3 Å². The van der Waals surface area contributed by atoms with Crippen molar-refractivity contribution in [1.29, 1.82) is 0 Å². The van der Waals surface area contributed by atoms with Crippen molar-refractivity contribution in [1.82, 2.24) is 0 Å². The van der Waals surface area contributed by atoms with Crippen molar-refractivity contribution in [2.75, 3.05) is 0 Å². The first-order chi connectivity index (χ1) is 6.88. The van der Waals surface area contributed by atoms with Gasteiger partial charge in [0.15, 0.2) is 0 Å². The van der Waals surface area contributed by atoms with Crippen LogP contribution in [0.5, 0.6) is 0 Å². The summed E-state index contributed by atoms with van der Waals surface area (Å²) in [5, 5.41) is 45.5. The molecule has 0 radical (unpaired) electrons. The van der Waals surface area contributed by atoms with Crippen LogP contribution in [0.15, 0.2) is 0 Å². The number of nitrogens with zero attached hydrogens (tertiary/aromatic N) is 2. The van der Waals surface area contributed by atoms with Crippen molar-refractivity contribution in [2.24, 2.45) is 0 Å². The van der Waals surface area contributed by atoms with E-state index < -0.39 is 38.0 Å². The van der Waals surface area contributed by atoms with E-state index in [2.05, 4.69) is 0 Å². The Hall–Kier alpha value is -1.11. The Morgan fingerprint density at radius 3 is 0.733 bits per heavy atom. The molecule has 0 unspecified atom stereocenters. The van der Waals surface area contributed by atoms with Gasteiger partial charge in [0.2, 0.25) is 0 Å². The van der Waals surface area contributed by atoms with Crippen LogP contribution in [0.2, 0.25) is 0 Å². The van der Waals surface area contributed by atoms with E-state index in [4.69, 9.17) is 45.5 Å². The Labute approximate surface area is 95.4 Å². The first-order valence-electron chi connectivity index (χ1n) is 2.08. The van der Waals surface area contributed by atoms with Gasteiger partial charge in [-0.2, -0.15) is 0 Å². The molecule has 15 heteroatoms. The molecule has 0 aliphatic heterocycles. The molecule has 0 heterocycles. The van der Waals surface area contributed by atoms with E-state index in [1.165, 1.54) is 0 Å². The van der Waals surface area contributed by atoms with E-state index in [0.717, 1.165) is 0 Å². The average molecular weight is 460 g/mol.